The van der Waals surface area contributed by atoms with E-state index in [9.17, 15) is 22.8 Å². The van der Waals surface area contributed by atoms with Crippen molar-refractivity contribution in [1.29, 1.82) is 0 Å². The van der Waals surface area contributed by atoms with Crippen LogP contribution in [0, 0.1) is 0 Å². The van der Waals surface area contributed by atoms with Crippen molar-refractivity contribution in [2.75, 3.05) is 43.4 Å². The Hall–Kier alpha value is -3.07. The van der Waals surface area contributed by atoms with Gasteiger partial charge in [-0.1, -0.05) is 18.6 Å². The number of fused-ring (bicyclic) bond motifs is 1. The Morgan fingerprint density at radius 3 is 2.34 bits per heavy atom. The molecule has 0 spiro atoms. The molecule has 35 heavy (non-hydrogen) atoms. The molecular formula is C26H31F3N4O2. The molecule has 1 atom stereocenters. The summed E-state index contributed by atoms with van der Waals surface area (Å²) in [5, 5.41) is 5.11. The smallest absolute Gasteiger partial charge is 0.374 e. The van der Waals surface area contributed by atoms with Crippen LogP contribution in [0.15, 0.2) is 42.5 Å². The molecule has 0 unspecified atom stereocenters. The number of anilines is 2. The fraction of sp³-hybridized carbons (Fsp3) is 0.462. The number of nitrogens with one attached hydrogen (secondary N) is 2. The third-order valence-electron chi connectivity index (χ3n) is 6.80. The minimum Gasteiger partial charge on any atom is -0.374 e. The van der Waals surface area contributed by atoms with Gasteiger partial charge >= 0.3 is 18.0 Å². The first-order valence-electron chi connectivity index (χ1n) is 12.1. The van der Waals surface area contributed by atoms with Crippen LogP contribution in [0.3, 0.4) is 0 Å². The van der Waals surface area contributed by atoms with Crippen molar-refractivity contribution in [2.45, 2.75) is 44.3 Å². The number of nitrogens with zero attached hydrogens (tertiary/aromatic N) is 2. The van der Waals surface area contributed by atoms with E-state index in [4.69, 9.17) is 0 Å². The molecule has 2 amide bonds. The Kier molecular flexibility index (Phi) is 7.64. The van der Waals surface area contributed by atoms with Gasteiger partial charge in [-0.2, -0.15) is 13.2 Å². The number of rotatable bonds is 5. The summed E-state index contributed by atoms with van der Waals surface area (Å²) in [5.41, 5.74) is 2.96. The molecule has 4 rings (SSSR count). The summed E-state index contributed by atoms with van der Waals surface area (Å²) in [6, 6.07) is 10.4. The number of likely N-dealkylation sites (tertiary alicyclic amines) is 1. The lowest BCUT2D eigenvalue weighted by molar-refractivity contribution is -0.137. The van der Waals surface area contributed by atoms with Gasteiger partial charge in [-0.15, -0.1) is 0 Å². The van der Waals surface area contributed by atoms with Gasteiger partial charge in [0.05, 0.1) is 11.6 Å². The highest BCUT2D eigenvalue weighted by Crippen LogP contribution is 2.32. The minimum atomic E-state index is -4.46. The highest BCUT2D eigenvalue weighted by atomic mass is 19.4. The number of halogens is 3. The van der Waals surface area contributed by atoms with Crippen LogP contribution in [0.4, 0.5) is 24.5 Å². The molecule has 0 bridgehead atoms. The van der Waals surface area contributed by atoms with E-state index in [1.54, 1.807) is 0 Å². The molecular weight excluding hydrogens is 457 g/mol. The van der Waals surface area contributed by atoms with Gasteiger partial charge in [0.15, 0.2) is 0 Å². The summed E-state index contributed by atoms with van der Waals surface area (Å²) >= 11 is 0. The molecule has 1 fully saturated rings. The van der Waals surface area contributed by atoms with Crippen LogP contribution in [0.25, 0.3) is 0 Å². The summed E-state index contributed by atoms with van der Waals surface area (Å²) in [6.45, 7) is 3.16. The third-order valence-corrected chi connectivity index (χ3v) is 6.80. The summed E-state index contributed by atoms with van der Waals surface area (Å²) in [5.74, 6) is -1.72. The monoisotopic (exact) mass is 488 g/mol. The van der Waals surface area contributed by atoms with Crippen molar-refractivity contribution in [3.05, 3.63) is 59.2 Å². The number of alkyl halides is 3. The first-order chi connectivity index (χ1) is 16.7. The van der Waals surface area contributed by atoms with Crippen LogP contribution in [-0.4, -0.2) is 49.9 Å². The van der Waals surface area contributed by atoms with Gasteiger partial charge in [-0.05, 0) is 80.2 Å². The lowest BCUT2D eigenvalue weighted by Crippen LogP contribution is -2.43. The maximum atomic E-state index is 12.7. The van der Waals surface area contributed by atoms with E-state index >= 15 is 0 Å². The molecule has 9 heteroatoms. The summed E-state index contributed by atoms with van der Waals surface area (Å²) in [4.78, 5) is 29.5. The van der Waals surface area contributed by atoms with E-state index in [0.29, 0.717) is 0 Å². The molecule has 2 N–H and O–H groups in total. The van der Waals surface area contributed by atoms with Crippen LogP contribution in [0.2, 0.25) is 0 Å². The predicted octanol–water partition coefficient (Wildman–Crippen LogP) is 4.37. The molecule has 0 radical (unpaired) electrons. The SMILES string of the molecule is CN1CCCc2cc([C@H](CNC(=O)C(=O)Nc3ccc(C(F)(F)F)cc3)N3CCCCC3)ccc21. The average Bonchev–Trinajstić information content (AvgIpc) is 2.84. The first kappa shape index (κ1) is 25.0. The zero-order chi connectivity index (χ0) is 25.0. The number of carbonyl (C=O) groups excluding carboxylic acids is 2. The van der Waals surface area contributed by atoms with Crippen molar-refractivity contribution in [3.63, 3.8) is 0 Å². The third kappa shape index (κ3) is 6.14. The van der Waals surface area contributed by atoms with Gasteiger partial charge in [-0.25, -0.2) is 0 Å². The van der Waals surface area contributed by atoms with Crippen LogP contribution in [0.1, 0.15) is 48.4 Å². The Labute approximate surface area is 203 Å². The lowest BCUT2D eigenvalue weighted by atomic mass is 9.95. The number of benzene rings is 2. The van der Waals surface area contributed by atoms with Crippen molar-refractivity contribution in [2.24, 2.45) is 0 Å². The first-order valence-corrected chi connectivity index (χ1v) is 12.1. The van der Waals surface area contributed by atoms with Gasteiger partial charge in [0, 0.05) is 31.5 Å². The summed E-state index contributed by atoms with van der Waals surface area (Å²) in [7, 11) is 2.09. The summed E-state index contributed by atoms with van der Waals surface area (Å²) in [6.07, 6.45) is 1.01. The van der Waals surface area contributed by atoms with E-state index in [1.165, 1.54) is 17.7 Å². The Morgan fingerprint density at radius 1 is 0.943 bits per heavy atom. The molecule has 0 aromatic heterocycles. The molecule has 2 aromatic rings. The zero-order valence-corrected chi connectivity index (χ0v) is 19.8. The fourth-order valence-electron chi connectivity index (χ4n) is 4.90. The molecule has 2 aliphatic rings. The van der Waals surface area contributed by atoms with Gasteiger partial charge < -0.3 is 15.5 Å². The molecule has 1 saturated heterocycles. The van der Waals surface area contributed by atoms with Crippen molar-refractivity contribution >= 4 is 23.2 Å². The normalized spacial score (nSPS) is 17.4. The number of hydrogen-bond donors (Lipinski definition) is 2. The van der Waals surface area contributed by atoms with Gasteiger partial charge in [0.25, 0.3) is 0 Å². The number of hydrogen-bond acceptors (Lipinski definition) is 4. The van der Waals surface area contributed by atoms with Gasteiger partial charge in [0.2, 0.25) is 0 Å². The number of aryl methyl sites for hydroxylation is 1. The average molecular weight is 489 g/mol. The zero-order valence-electron chi connectivity index (χ0n) is 19.8. The molecule has 0 saturated carbocycles. The van der Waals surface area contributed by atoms with Crippen LogP contribution < -0.4 is 15.5 Å². The van der Waals surface area contributed by atoms with Crippen molar-refractivity contribution in [1.82, 2.24) is 10.2 Å². The Balaban J connectivity index is 1.43. The van der Waals surface area contributed by atoms with Crippen molar-refractivity contribution < 1.29 is 22.8 Å². The van der Waals surface area contributed by atoms with E-state index in [0.717, 1.165) is 75.1 Å². The number of piperidine rings is 1. The molecule has 2 heterocycles. The van der Waals surface area contributed by atoms with E-state index in [1.807, 2.05) is 0 Å². The minimum absolute atomic E-state index is 0.0596. The molecule has 0 aliphatic carbocycles. The van der Waals surface area contributed by atoms with E-state index < -0.39 is 23.6 Å². The quantitative estimate of drug-likeness (QED) is 0.614. The number of carbonyl (C=O) groups is 2. The second-order valence-electron chi connectivity index (χ2n) is 9.26. The second kappa shape index (κ2) is 10.7. The van der Waals surface area contributed by atoms with E-state index in [-0.39, 0.29) is 18.3 Å². The predicted molar refractivity (Wildman–Crippen MR) is 129 cm³/mol. The topological polar surface area (TPSA) is 64.7 Å². The largest absolute Gasteiger partial charge is 0.416 e. The Morgan fingerprint density at radius 2 is 1.66 bits per heavy atom. The van der Waals surface area contributed by atoms with Crippen LogP contribution in [-0.2, 0) is 22.2 Å². The van der Waals surface area contributed by atoms with Gasteiger partial charge in [0.1, 0.15) is 0 Å². The molecule has 188 valence electrons. The lowest BCUT2D eigenvalue weighted by Gasteiger charge is -2.36. The molecule has 6 nitrogen and oxygen atoms in total. The second-order valence-corrected chi connectivity index (χ2v) is 9.26. The van der Waals surface area contributed by atoms with Crippen LogP contribution >= 0.6 is 0 Å². The highest BCUT2D eigenvalue weighted by Gasteiger charge is 2.30. The standard InChI is InChI=1S/C26H31F3N4O2/c1-32-13-5-6-18-16-19(7-12-22(18)32)23(33-14-3-2-4-15-33)17-30-24(34)25(35)31-21-10-8-20(9-11-21)26(27,28)29/h7-12,16,23H,2-6,13-15,17H2,1H3,(H,30,34)(H,31,35)/t23-/m0/s1. The molecule has 2 aromatic carbocycles. The van der Waals surface area contributed by atoms with Crippen LogP contribution in [0.5, 0.6) is 0 Å². The Bertz CT molecular complexity index is 1050. The maximum absolute atomic E-state index is 12.7. The maximum Gasteiger partial charge on any atom is 0.416 e. The molecule has 2 aliphatic heterocycles. The fourth-order valence-corrected chi connectivity index (χ4v) is 4.90. The number of amides is 2. The van der Waals surface area contributed by atoms with Gasteiger partial charge in [-0.3, -0.25) is 14.5 Å². The summed E-state index contributed by atoms with van der Waals surface area (Å²) < 4.78 is 38.2. The van der Waals surface area contributed by atoms with Crippen molar-refractivity contribution in [3.8, 4) is 0 Å². The highest BCUT2D eigenvalue weighted by molar-refractivity contribution is 6.39. The van der Waals surface area contributed by atoms with E-state index in [2.05, 4.69) is 45.7 Å².